The van der Waals surface area contributed by atoms with Gasteiger partial charge in [-0.2, -0.15) is 13.2 Å². The van der Waals surface area contributed by atoms with E-state index in [0.29, 0.717) is 32.7 Å². The second-order valence-electron chi connectivity index (χ2n) is 5.82. The predicted molar refractivity (Wildman–Crippen MR) is 84.7 cm³/mol. The van der Waals surface area contributed by atoms with Gasteiger partial charge in [-0.3, -0.25) is 19.7 Å². The van der Waals surface area contributed by atoms with Crippen LogP contribution in [0.5, 0.6) is 0 Å². The van der Waals surface area contributed by atoms with Crippen molar-refractivity contribution in [2.75, 3.05) is 26.2 Å². The molecule has 0 bridgehead atoms. The Balaban J connectivity index is 1.56. The van der Waals surface area contributed by atoms with Gasteiger partial charge in [-0.05, 0) is 24.3 Å². The second-order valence-corrected chi connectivity index (χ2v) is 5.82. The molecule has 8 heteroatoms. The van der Waals surface area contributed by atoms with Gasteiger partial charge in [-0.15, -0.1) is 0 Å². The number of carbonyl (C=O) groups is 1. The van der Waals surface area contributed by atoms with Gasteiger partial charge in [0.2, 0.25) is 0 Å². The van der Waals surface area contributed by atoms with Gasteiger partial charge in [0, 0.05) is 45.1 Å². The summed E-state index contributed by atoms with van der Waals surface area (Å²) in [5, 5.41) is 0. The molecular formula is C17H17F3N4O. The van der Waals surface area contributed by atoms with Crippen molar-refractivity contribution in [2.24, 2.45) is 0 Å². The number of alkyl halides is 3. The number of piperazine rings is 1. The Bertz CT molecular complexity index is 711. The average Bonchev–Trinajstić information content (AvgIpc) is 2.62. The minimum Gasteiger partial charge on any atom is -0.336 e. The lowest BCUT2D eigenvalue weighted by atomic mass is 10.2. The number of halogens is 3. The first-order valence-electron chi connectivity index (χ1n) is 7.88. The minimum atomic E-state index is -4.50. The molecule has 1 saturated heterocycles. The fourth-order valence-corrected chi connectivity index (χ4v) is 2.70. The Morgan fingerprint density at radius 2 is 1.80 bits per heavy atom. The molecule has 2 aromatic rings. The molecule has 0 radical (unpaired) electrons. The summed E-state index contributed by atoms with van der Waals surface area (Å²) < 4.78 is 37.6. The standard InChI is InChI=1S/C17H17F3N4O/c18-17(19,20)15-5-4-13(11-22-15)16(25)24-9-7-23(8-10-24)12-14-3-1-2-6-21-14/h1-6,11H,7-10,12H2. The molecule has 0 aromatic carbocycles. The van der Waals surface area contributed by atoms with E-state index in [1.54, 1.807) is 11.1 Å². The highest BCUT2D eigenvalue weighted by Gasteiger charge is 2.32. The second kappa shape index (κ2) is 7.18. The highest BCUT2D eigenvalue weighted by Crippen LogP contribution is 2.27. The van der Waals surface area contributed by atoms with Crippen LogP contribution in [0.3, 0.4) is 0 Å². The van der Waals surface area contributed by atoms with E-state index >= 15 is 0 Å². The van der Waals surface area contributed by atoms with Crippen molar-refractivity contribution in [3.63, 3.8) is 0 Å². The van der Waals surface area contributed by atoms with Gasteiger partial charge in [0.25, 0.3) is 5.91 Å². The number of carbonyl (C=O) groups excluding carboxylic acids is 1. The largest absolute Gasteiger partial charge is 0.433 e. The number of hydrogen-bond acceptors (Lipinski definition) is 4. The van der Waals surface area contributed by atoms with E-state index in [4.69, 9.17) is 0 Å². The maximum atomic E-state index is 12.5. The van der Waals surface area contributed by atoms with Crippen LogP contribution in [-0.2, 0) is 12.7 Å². The molecule has 1 fully saturated rings. The first kappa shape index (κ1) is 17.3. The molecule has 0 spiro atoms. The number of nitrogens with zero attached hydrogens (tertiary/aromatic N) is 4. The summed E-state index contributed by atoms with van der Waals surface area (Å²) in [7, 11) is 0. The van der Waals surface area contributed by atoms with Gasteiger partial charge in [-0.25, -0.2) is 0 Å². The van der Waals surface area contributed by atoms with Gasteiger partial charge >= 0.3 is 6.18 Å². The molecule has 0 aliphatic carbocycles. The Morgan fingerprint density at radius 3 is 2.36 bits per heavy atom. The first-order valence-corrected chi connectivity index (χ1v) is 7.88. The average molecular weight is 350 g/mol. The molecule has 25 heavy (non-hydrogen) atoms. The molecular weight excluding hydrogens is 333 g/mol. The zero-order valence-corrected chi connectivity index (χ0v) is 13.4. The lowest BCUT2D eigenvalue weighted by Crippen LogP contribution is -2.48. The van der Waals surface area contributed by atoms with Crippen LogP contribution in [0.2, 0.25) is 0 Å². The summed E-state index contributed by atoms with van der Waals surface area (Å²) >= 11 is 0. The highest BCUT2D eigenvalue weighted by molar-refractivity contribution is 5.94. The number of rotatable bonds is 3. The molecule has 1 aliphatic rings. The topological polar surface area (TPSA) is 49.3 Å². The normalized spacial score (nSPS) is 16.0. The minimum absolute atomic E-state index is 0.172. The molecule has 2 aromatic heterocycles. The van der Waals surface area contributed by atoms with Gasteiger partial charge in [-0.1, -0.05) is 6.07 Å². The monoisotopic (exact) mass is 350 g/mol. The van der Waals surface area contributed by atoms with E-state index in [1.807, 2.05) is 18.2 Å². The van der Waals surface area contributed by atoms with Crippen molar-refractivity contribution in [2.45, 2.75) is 12.7 Å². The summed E-state index contributed by atoms with van der Waals surface area (Å²) in [6.07, 6.45) is -1.77. The molecule has 0 N–H and O–H groups in total. The first-order chi connectivity index (χ1) is 11.9. The van der Waals surface area contributed by atoms with Crippen LogP contribution >= 0.6 is 0 Å². The molecule has 3 heterocycles. The molecule has 132 valence electrons. The third-order valence-corrected chi connectivity index (χ3v) is 4.07. The zero-order chi connectivity index (χ0) is 17.9. The van der Waals surface area contributed by atoms with Crippen LogP contribution in [0.25, 0.3) is 0 Å². The lowest BCUT2D eigenvalue weighted by Gasteiger charge is -2.34. The van der Waals surface area contributed by atoms with Crippen molar-refractivity contribution in [3.05, 3.63) is 59.7 Å². The number of pyridine rings is 2. The molecule has 0 unspecified atom stereocenters. The SMILES string of the molecule is O=C(c1ccc(C(F)(F)F)nc1)N1CCN(Cc2ccccn2)CC1. The maximum Gasteiger partial charge on any atom is 0.433 e. The van der Waals surface area contributed by atoms with Crippen molar-refractivity contribution in [1.29, 1.82) is 0 Å². The van der Waals surface area contributed by atoms with E-state index in [2.05, 4.69) is 14.9 Å². The van der Waals surface area contributed by atoms with Crippen LogP contribution in [0.15, 0.2) is 42.7 Å². The molecule has 3 rings (SSSR count). The zero-order valence-electron chi connectivity index (χ0n) is 13.4. The maximum absolute atomic E-state index is 12.5. The molecule has 0 saturated carbocycles. The fraction of sp³-hybridized carbons (Fsp3) is 0.353. The highest BCUT2D eigenvalue weighted by atomic mass is 19.4. The Morgan fingerprint density at radius 1 is 1.04 bits per heavy atom. The molecule has 0 atom stereocenters. The smallest absolute Gasteiger partial charge is 0.336 e. The van der Waals surface area contributed by atoms with Crippen molar-refractivity contribution < 1.29 is 18.0 Å². The van der Waals surface area contributed by atoms with Gasteiger partial charge in [0.1, 0.15) is 5.69 Å². The number of amides is 1. The number of hydrogen-bond donors (Lipinski definition) is 0. The van der Waals surface area contributed by atoms with Crippen molar-refractivity contribution in [3.8, 4) is 0 Å². The van der Waals surface area contributed by atoms with Crippen LogP contribution in [0.4, 0.5) is 13.2 Å². The Kier molecular flexibility index (Phi) is 4.98. The van der Waals surface area contributed by atoms with Crippen LogP contribution in [0, 0.1) is 0 Å². The van der Waals surface area contributed by atoms with Gasteiger partial charge in [0.05, 0.1) is 11.3 Å². The van der Waals surface area contributed by atoms with E-state index in [0.717, 1.165) is 18.0 Å². The van der Waals surface area contributed by atoms with Gasteiger partial charge < -0.3 is 4.90 Å². The van der Waals surface area contributed by atoms with E-state index < -0.39 is 11.9 Å². The summed E-state index contributed by atoms with van der Waals surface area (Å²) in [4.78, 5) is 23.9. The Labute approximate surface area is 143 Å². The molecule has 1 amide bonds. The molecule has 5 nitrogen and oxygen atoms in total. The summed E-state index contributed by atoms with van der Waals surface area (Å²) in [6, 6.07) is 7.76. The van der Waals surface area contributed by atoms with Crippen molar-refractivity contribution in [1.82, 2.24) is 19.8 Å². The van der Waals surface area contributed by atoms with Crippen LogP contribution in [0.1, 0.15) is 21.7 Å². The van der Waals surface area contributed by atoms with E-state index in [9.17, 15) is 18.0 Å². The fourth-order valence-electron chi connectivity index (χ4n) is 2.70. The summed E-state index contributed by atoms with van der Waals surface area (Å²) in [5.74, 6) is -0.293. The van der Waals surface area contributed by atoms with Gasteiger partial charge in [0.15, 0.2) is 0 Å². The van der Waals surface area contributed by atoms with Crippen molar-refractivity contribution >= 4 is 5.91 Å². The van der Waals surface area contributed by atoms with E-state index in [1.165, 1.54) is 6.07 Å². The lowest BCUT2D eigenvalue weighted by molar-refractivity contribution is -0.141. The summed E-state index contributed by atoms with van der Waals surface area (Å²) in [5.41, 5.74) is 0.143. The van der Waals surface area contributed by atoms with Crippen LogP contribution in [-0.4, -0.2) is 51.9 Å². The third kappa shape index (κ3) is 4.33. The third-order valence-electron chi connectivity index (χ3n) is 4.07. The number of aromatic nitrogens is 2. The summed E-state index contributed by atoms with van der Waals surface area (Å²) in [6.45, 7) is 3.14. The molecule has 1 aliphatic heterocycles. The predicted octanol–water partition coefficient (Wildman–Crippen LogP) is 2.45. The van der Waals surface area contributed by atoms with Crippen LogP contribution < -0.4 is 0 Å². The Hall–Kier alpha value is -2.48. The van der Waals surface area contributed by atoms with E-state index in [-0.39, 0.29) is 11.5 Å². The quantitative estimate of drug-likeness (QED) is 0.853.